The third-order valence-corrected chi connectivity index (χ3v) is 2.70. The lowest BCUT2D eigenvalue weighted by Gasteiger charge is -2.18. The normalized spacial score (nSPS) is 15.1. The Labute approximate surface area is 83.3 Å². The predicted octanol–water partition coefficient (Wildman–Crippen LogP) is 2.59. The van der Waals surface area contributed by atoms with Gasteiger partial charge in [0.25, 0.3) is 0 Å². The Balaban J connectivity index is 2.67. The maximum Gasteiger partial charge on any atom is 0.169 e. The molecule has 1 aliphatic heterocycles. The monoisotopic (exact) mass is 243 g/mol. The van der Waals surface area contributed by atoms with Gasteiger partial charge < -0.3 is 5.32 Å². The van der Waals surface area contributed by atoms with Crippen molar-refractivity contribution in [3.8, 4) is 0 Å². The van der Waals surface area contributed by atoms with Crippen molar-refractivity contribution >= 4 is 27.4 Å². The van der Waals surface area contributed by atoms with Crippen molar-refractivity contribution in [1.82, 2.24) is 0 Å². The number of benzene rings is 1. The zero-order valence-corrected chi connectivity index (χ0v) is 8.32. The summed E-state index contributed by atoms with van der Waals surface area (Å²) in [4.78, 5) is 11.4. The van der Waals surface area contributed by atoms with Gasteiger partial charge >= 0.3 is 0 Å². The van der Waals surface area contributed by atoms with Crippen molar-refractivity contribution < 1.29 is 9.18 Å². The van der Waals surface area contributed by atoms with E-state index in [0.29, 0.717) is 18.7 Å². The molecule has 0 aliphatic carbocycles. The van der Waals surface area contributed by atoms with Gasteiger partial charge in [0.1, 0.15) is 5.82 Å². The van der Waals surface area contributed by atoms with Crippen LogP contribution < -0.4 is 5.32 Å². The van der Waals surface area contributed by atoms with Crippen molar-refractivity contribution in [3.63, 3.8) is 0 Å². The summed E-state index contributed by atoms with van der Waals surface area (Å²) in [6.07, 6.45) is 0.361. The first-order valence-corrected chi connectivity index (χ1v) is 4.74. The van der Waals surface area contributed by atoms with Crippen molar-refractivity contribution in [2.75, 3.05) is 11.9 Å². The number of anilines is 1. The Morgan fingerprint density at radius 3 is 2.92 bits per heavy atom. The Kier molecular flexibility index (Phi) is 2.07. The van der Waals surface area contributed by atoms with E-state index in [1.54, 1.807) is 6.07 Å². The third-order valence-electron chi connectivity index (χ3n) is 2.04. The van der Waals surface area contributed by atoms with Crippen LogP contribution in [0.15, 0.2) is 16.6 Å². The summed E-state index contributed by atoms with van der Waals surface area (Å²) in [7, 11) is 0. The highest BCUT2D eigenvalue weighted by Crippen LogP contribution is 2.31. The maximum atomic E-state index is 13.2. The van der Waals surface area contributed by atoms with Gasteiger partial charge in [-0.2, -0.15) is 0 Å². The predicted molar refractivity (Wildman–Crippen MR) is 51.5 cm³/mol. The number of hydrogen-bond donors (Lipinski definition) is 1. The summed E-state index contributed by atoms with van der Waals surface area (Å²) in [6.45, 7) is 0.577. The van der Waals surface area contributed by atoms with E-state index in [-0.39, 0.29) is 11.3 Å². The highest BCUT2D eigenvalue weighted by Gasteiger charge is 2.22. The zero-order valence-electron chi connectivity index (χ0n) is 6.73. The molecule has 1 heterocycles. The van der Waals surface area contributed by atoms with Crippen LogP contribution in [0.1, 0.15) is 16.8 Å². The molecule has 0 atom stereocenters. The number of fused-ring (bicyclic) bond motifs is 1. The first kappa shape index (κ1) is 8.69. The lowest BCUT2D eigenvalue weighted by Crippen LogP contribution is -2.19. The molecule has 1 N–H and O–H groups in total. The number of ketones is 1. The van der Waals surface area contributed by atoms with Gasteiger partial charge in [0.2, 0.25) is 0 Å². The Hall–Kier alpha value is -0.900. The lowest BCUT2D eigenvalue weighted by atomic mass is 10.0. The number of rotatable bonds is 0. The van der Waals surface area contributed by atoms with Gasteiger partial charge in [-0.1, -0.05) is 0 Å². The van der Waals surface area contributed by atoms with Gasteiger partial charge in [0.15, 0.2) is 5.78 Å². The van der Waals surface area contributed by atoms with Crippen LogP contribution in [0.5, 0.6) is 0 Å². The summed E-state index contributed by atoms with van der Waals surface area (Å²) in [6, 6.07) is 2.90. The second-order valence-electron chi connectivity index (χ2n) is 2.88. The molecule has 0 bridgehead atoms. The van der Waals surface area contributed by atoms with Crippen LogP contribution >= 0.6 is 15.9 Å². The molecule has 0 unspecified atom stereocenters. The number of hydrogen-bond acceptors (Lipinski definition) is 2. The molecule has 0 fully saturated rings. The van der Waals surface area contributed by atoms with Crippen LogP contribution in [0.25, 0.3) is 0 Å². The second-order valence-corrected chi connectivity index (χ2v) is 3.73. The fraction of sp³-hybridized carbons (Fsp3) is 0.222. The fourth-order valence-corrected chi connectivity index (χ4v) is 1.89. The molecule has 0 aromatic heterocycles. The SMILES string of the molecule is O=C1CCNc2c(Br)ccc(F)c21. The van der Waals surface area contributed by atoms with Gasteiger partial charge in [-0.15, -0.1) is 0 Å². The van der Waals surface area contributed by atoms with E-state index < -0.39 is 5.82 Å². The van der Waals surface area contributed by atoms with E-state index in [4.69, 9.17) is 0 Å². The lowest BCUT2D eigenvalue weighted by molar-refractivity contribution is 0.0979. The molecule has 1 aliphatic rings. The number of halogens is 2. The highest BCUT2D eigenvalue weighted by atomic mass is 79.9. The first-order chi connectivity index (χ1) is 6.20. The molecule has 0 radical (unpaired) electrons. The average molecular weight is 244 g/mol. The molecule has 0 saturated heterocycles. The van der Waals surface area contributed by atoms with Gasteiger partial charge in [-0.3, -0.25) is 4.79 Å². The number of carbonyl (C=O) groups excluding carboxylic acids is 1. The molecule has 1 aromatic rings. The molecule has 68 valence electrons. The van der Waals surface area contributed by atoms with Crippen molar-refractivity contribution in [2.24, 2.45) is 0 Å². The van der Waals surface area contributed by atoms with E-state index in [1.807, 2.05) is 0 Å². The summed E-state index contributed by atoms with van der Waals surface area (Å²) >= 11 is 3.26. The minimum atomic E-state index is -0.449. The largest absolute Gasteiger partial charge is 0.383 e. The average Bonchev–Trinajstić information content (AvgIpc) is 2.12. The molecule has 0 saturated carbocycles. The Bertz CT molecular complexity index is 378. The van der Waals surface area contributed by atoms with Gasteiger partial charge in [-0.25, -0.2) is 4.39 Å². The molecule has 0 spiro atoms. The van der Waals surface area contributed by atoms with E-state index >= 15 is 0 Å². The Morgan fingerprint density at radius 1 is 1.46 bits per heavy atom. The van der Waals surface area contributed by atoms with E-state index in [1.165, 1.54) is 6.07 Å². The summed E-state index contributed by atoms with van der Waals surface area (Å²) in [5.41, 5.74) is 0.761. The van der Waals surface area contributed by atoms with Crippen molar-refractivity contribution in [1.29, 1.82) is 0 Å². The van der Waals surface area contributed by atoms with Crippen LogP contribution in [0.4, 0.5) is 10.1 Å². The Morgan fingerprint density at radius 2 is 2.23 bits per heavy atom. The summed E-state index contributed by atoms with van der Waals surface area (Å²) in [5, 5.41) is 2.99. The van der Waals surface area contributed by atoms with Crippen LogP contribution in [-0.4, -0.2) is 12.3 Å². The second kappa shape index (κ2) is 3.10. The number of Topliss-reactive ketones (excluding diaryl/α,β-unsaturated/α-hetero) is 1. The molecule has 2 rings (SSSR count). The van der Waals surface area contributed by atoms with Crippen LogP contribution in [-0.2, 0) is 0 Å². The van der Waals surface area contributed by atoms with E-state index in [9.17, 15) is 9.18 Å². The first-order valence-electron chi connectivity index (χ1n) is 3.95. The third kappa shape index (κ3) is 1.35. The standard InChI is InChI=1S/C9H7BrFNO/c10-5-1-2-6(11)8-7(13)3-4-12-9(5)8/h1-2,12H,3-4H2. The molecule has 4 heteroatoms. The number of nitrogens with one attached hydrogen (secondary N) is 1. The van der Waals surface area contributed by atoms with Crippen LogP contribution in [0.3, 0.4) is 0 Å². The van der Waals surface area contributed by atoms with Gasteiger partial charge in [0.05, 0.1) is 11.3 Å². The van der Waals surface area contributed by atoms with Crippen molar-refractivity contribution in [2.45, 2.75) is 6.42 Å². The molecule has 2 nitrogen and oxygen atoms in total. The molecular formula is C9H7BrFNO. The highest BCUT2D eigenvalue weighted by molar-refractivity contribution is 9.10. The maximum absolute atomic E-state index is 13.2. The minimum Gasteiger partial charge on any atom is -0.383 e. The molecule has 0 amide bonds. The zero-order chi connectivity index (χ0) is 9.42. The molecule has 1 aromatic carbocycles. The quantitative estimate of drug-likeness (QED) is 0.759. The topological polar surface area (TPSA) is 29.1 Å². The fourth-order valence-electron chi connectivity index (χ4n) is 1.42. The smallest absolute Gasteiger partial charge is 0.169 e. The number of carbonyl (C=O) groups is 1. The van der Waals surface area contributed by atoms with E-state index in [0.717, 1.165) is 4.47 Å². The van der Waals surface area contributed by atoms with E-state index in [2.05, 4.69) is 21.2 Å². The van der Waals surface area contributed by atoms with Gasteiger partial charge in [-0.05, 0) is 28.1 Å². The van der Waals surface area contributed by atoms with Gasteiger partial charge in [0, 0.05) is 17.4 Å². The summed E-state index contributed by atoms with van der Waals surface area (Å²) in [5.74, 6) is -0.581. The van der Waals surface area contributed by atoms with Crippen LogP contribution in [0.2, 0.25) is 0 Å². The minimum absolute atomic E-state index is 0.132. The van der Waals surface area contributed by atoms with Crippen LogP contribution in [0, 0.1) is 5.82 Å². The summed E-state index contributed by atoms with van der Waals surface area (Å²) < 4.78 is 14.0. The molecular weight excluding hydrogens is 237 g/mol. The molecule has 13 heavy (non-hydrogen) atoms. The van der Waals surface area contributed by atoms with Crippen molar-refractivity contribution in [3.05, 3.63) is 28.0 Å².